The Morgan fingerprint density at radius 2 is 1.95 bits per heavy atom. The maximum atomic E-state index is 11.8. The number of aromatic hydroxyl groups is 2. The minimum atomic E-state index is -0.265. The summed E-state index contributed by atoms with van der Waals surface area (Å²) in [6.45, 7) is 1.98. The summed E-state index contributed by atoms with van der Waals surface area (Å²) in [5.74, 6) is 0.0751. The molecule has 0 bridgehead atoms. The van der Waals surface area contributed by atoms with E-state index in [0.717, 1.165) is 17.5 Å². The van der Waals surface area contributed by atoms with Gasteiger partial charge in [-0.25, -0.2) is 5.43 Å². The molecule has 5 heteroatoms. The van der Waals surface area contributed by atoms with Crippen molar-refractivity contribution in [3.63, 3.8) is 0 Å². The zero-order valence-corrected chi connectivity index (χ0v) is 12.3. The summed E-state index contributed by atoms with van der Waals surface area (Å²) < 4.78 is 0. The van der Waals surface area contributed by atoms with Gasteiger partial charge >= 0.3 is 0 Å². The number of nitrogens with one attached hydrogen (secondary N) is 1. The molecule has 0 saturated carbocycles. The minimum Gasteiger partial charge on any atom is -0.508 e. The molecule has 0 unspecified atom stereocenters. The fourth-order valence-corrected chi connectivity index (χ4v) is 2.09. The van der Waals surface area contributed by atoms with E-state index in [1.165, 1.54) is 0 Å². The van der Waals surface area contributed by atoms with Crippen molar-refractivity contribution in [3.8, 4) is 11.5 Å². The van der Waals surface area contributed by atoms with E-state index in [-0.39, 0.29) is 23.8 Å². The van der Waals surface area contributed by atoms with Crippen LogP contribution >= 0.6 is 0 Å². The Kier molecular flexibility index (Phi) is 5.14. The van der Waals surface area contributed by atoms with Crippen LogP contribution in [0.15, 0.2) is 47.6 Å². The van der Waals surface area contributed by atoms with Gasteiger partial charge in [0, 0.05) is 0 Å². The summed E-state index contributed by atoms with van der Waals surface area (Å²) in [4.78, 5) is 11.8. The van der Waals surface area contributed by atoms with Gasteiger partial charge in [0.1, 0.15) is 11.5 Å². The lowest BCUT2D eigenvalue weighted by Crippen LogP contribution is -2.19. The third kappa shape index (κ3) is 4.34. The highest BCUT2D eigenvalue weighted by Gasteiger charge is 2.03. The molecule has 3 N–H and O–H groups in total. The summed E-state index contributed by atoms with van der Waals surface area (Å²) in [6.07, 6.45) is 2.45. The molecule has 0 aliphatic heterocycles. The highest BCUT2D eigenvalue weighted by atomic mass is 16.3. The van der Waals surface area contributed by atoms with Crippen LogP contribution in [0.4, 0.5) is 0 Å². The van der Waals surface area contributed by atoms with Gasteiger partial charge in [0.2, 0.25) is 5.91 Å². The highest BCUT2D eigenvalue weighted by molar-refractivity contribution is 5.84. The van der Waals surface area contributed by atoms with Crippen LogP contribution in [0.5, 0.6) is 11.5 Å². The number of hydrogen-bond acceptors (Lipinski definition) is 4. The number of hydrazone groups is 1. The molecule has 0 aliphatic carbocycles. The molecule has 0 saturated heterocycles. The number of rotatable bonds is 5. The van der Waals surface area contributed by atoms with Gasteiger partial charge in [-0.2, -0.15) is 5.10 Å². The second kappa shape index (κ2) is 7.26. The first-order valence-electron chi connectivity index (χ1n) is 7.00. The standard InChI is InChI=1S/C17H18N2O3/c1-2-13-10-16(21)7-6-14(13)11-18-19-17(22)9-12-4-3-5-15(20)8-12/h3-8,10-11,20-21H,2,9H2,1H3,(H,19,22)/b18-11+. The summed E-state index contributed by atoms with van der Waals surface area (Å²) in [6, 6.07) is 11.5. The third-order valence-electron chi connectivity index (χ3n) is 3.18. The molecule has 2 aromatic rings. The van der Waals surface area contributed by atoms with Gasteiger partial charge in [-0.05, 0) is 53.4 Å². The molecule has 2 aromatic carbocycles. The number of phenolic OH excluding ortho intramolecular Hbond substituents is 2. The molecule has 0 spiro atoms. The van der Waals surface area contributed by atoms with E-state index in [2.05, 4.69) is 10.5 Å². The Balaban J connectivity index is 1.96. The van der Waals surface area contributed by atoms with Crippen molar-refractivity contribution in [2.24, 2.45) is 5.10 Å². The monoisotopic (exact) mass is 298 g/mol. The van der Waals surface area contributed by atoms with Crippen molar-refractivity contribution < 1.29 is 15.0 Å². The number of carbonyl (C=O) groups excluding carboxylic acids is 1. The molecule has 0 heterocycles. The lowest BCUT2D eigenvalue weighted by atomic mass is 10.1. The van der Waals surface area contributed by atoms with E-state index in [0.29, 0.717) is 5.56 Å². The highest BCUT2D eigenvalue weighted by Crippen LogP contribution is 2.15. The Morgan fingerprint density at radius 1 is 1.18 bits per heavy atom. The molecule has 0 atom stereocenters. The van der Waals surface area contributed by atoms with Crippen molar-refractivity contribution in [2.75, 3.05) is 0 Å². The van der Waals surface area contributed by atoms with E-state index in [9.17, 15) is 15.0 Å². The summed E-state index contributed by atoms with van der Waals surface area (Å²) in [7, 11) is 0. The van der Waals surface area contributed by atoms with Crippen molar-refractivity contribution in [3.05, 3.63) is 59.2 Å². The summed E-state index contributed by atoms with van der Waals surface area (Å²) in [5.41, 5.74) is 4.96. The van der Waals surface area contributed by atoms with Crippen LogP contribution in [0.3, 0.4) is 0 Å². The van der Waals surface area contributed by atoms with Gasteiger partial charge in [0.25, 0.3) is 0 Å². The number of hydrogen-bond donors (Lipinski definition) is 3. The maximum Gasteiger partial charge on any atom is 0.244 e. The lowest BCUT2D eigenvalue weighted by Gasteiger charge is -2.04. The van der Waals surface area contributed by atoms with Crippen molar-refractivity contribution >= 4 is 12.1 Å². The van der Waals surface area contributed by atoms with Crippen LogP contribution in [0.1, 0.15) is 23.6 Å². The Morgan fingerprint density at radius 3 is 2.68 bits per heavy atom. The fraction of sp³-hybridized carbons (Fsp3) is 0.176. The number of aryl methyl sites for hydroxylation is 1. The summed E-state index contributed by atoms with van der Waals surface area (Å²) in [5, 5.41) is 22.7. The smallest absolute Gasteiger partial charge is 0.244 e. The van der Waals surface area contributed by atoms with E-state index in [1.54, 1.807) is 48.7 Å². The predicted molar refractivity (Wildman–Crippen MR) is 85.0 cm³/mol. The van der Waals surface area contributed by atoms with Crippen LogP contribution in [-0.2, 0) is 17.6 Å². The van der Waals surface area contributed by atoms with Crippen LogP contribution in [0.25, 0.3) is 0 Å². The van der Waals surface area contributed by atoms with Crippen LogP contribution < -0.4 is 5.43 Å². The molecule has 1 amide bonds. The number of amides is 1. The predicted octanol–water partition coefficient (Wildman–Crippen LogP) is 2.35. The van der Waals surface area contributed by atoms with Crippen molar-refractivity contribution in [1.82, 2.24) is 5.43 Å². The van der Waals surface area contributed by atoms with Crippen LogP contribution in [-0.4, -0.2) is 22.3 Å². The second-order valence-electron chi connectivity index (χ2n) is 4.88. The normalized spacial score (nSPS) is 10.8. The topological polar surface area (TPSA) is 81.9 Å². The molecule has 5 nitrogen and oxygen atoms in total. The van der Waals surface area contributed by atoms with E-state index < -0.39 is 0 Å². The zero-order chi connectivity index (χ0) is 15.9. The first kappa shape index (κ1) is 15.6. The zero-order valence-electron chi connectivity index (χ0n) is 12.3. The molecule has 0 aromatic heterocycles. The number of benzene rings is 2. The molecule has 0 fully saturated rings. The van der Waals surface area contributed by atoms with Gasteiger partial charge in [0.15, 0.2) is 0 Å². The van der Waals surface area contributed by atoms with Gasteiger partial charge < -0.3 is 10.2 Å². The average molecular weight is 298 g/mol. The van der Waals surface area contributed by atoms with E-state index >= 15 is 0 Å². The second-order valence-corrected chi connectivity index (χ2v) is 4.88. The first-order chi connectivity index (χ1) is 10.6. The third-order valence-corrected chi connectivity index (χ3v) is 3.18. The van der Waals surface area contributed by atoms with Crippen LogP contribution in [0, 0.1) is 0 Å². The average Bonchev–Trinajstić information content (AvgIpc) is 2.48. The Bertz CT molecular complexity index is 696. The number of nitrogens with zero attached hydrogens (tertiary/aromatic N) is 1. The molecular weight excluding hydrogens is 280 g/mol. The lowest BCUT2D eigenvalue weighted by molar-refractivity contribution is -0.120. The first-order valence-corrected chi connectivity index (χ1v) is 7.00. The molecule has 0 aliphatic rings. The van der Waals surface area contributed by atoms with E-state index in [4.69, 9.17) is 0 Å². The van der Waals surface area contributed by atoms with Gasteiger partial charge in [-0.15, -0.1) is 0 Å². The molecule has 2 rings (SSSR count). The largest absolute Gasteiger partial charge is 0.508 e. The quantitative estimate of drug-likeness (QED) is 0.585. The van der Waals surface area contributed by atoms with Gasteiger partial charge in [-0.3, -0.25) is 4.79 Å². The minimum absolute atomic E-state index is 0.130. The number of phenols is 2. The SMILES string of the molecule is CCc1cc(O)ccc1/C=N/NC(=O)Cc1cccc(O)c1. The Hall–Kier alpha value is -2.82. The van der Waals surface area contributed by atoms with Crippen molar-refractivity contribution in [2.45, 2.75) is 19.8 Å². The van der Waals surface area contributed by atoms with Gasteiger partial charge in [-0.1, -0.05) is 19.1 Å². The molecular formula is C17H18N2O3. The molecule has 0 radical (unpaired) electrons. The van der Waals surface area contributed by atoms with Gasteiger partial charge in [0.05, 0.1) is 12.6 Å². The Labute approximate surface area is 128 Å². The number of carbonyl (C=O) groups is 1. The molecule has 114 valence electrons. The van der Waals surface area contributed by atoms with Crippen LogP contribution in [0.2, 0.25) is 0 Å². The fourth-order valence-electron chi connectivity index (χ4n) is 2.09. The maximum absolute atomic E-state index is 11.8. The summed E-state index contributed by atoms with van der Waals surface area (Å²) >= 11 is 0. The van der Waals surface area contributed by atoms with Crippen molar-refractivity contribution in [1.29, 1.82) is 0 Å². The molecule has 22 heavy (non-hydrogen) atoms. The van der Waals surface area contributed by atoms with E-state index in [1.807, 2.05) is 6.92 Å².